The maximum atomic E-state index is 15.1. The monoisotopic (exact) mass is 558 g/mol. The summed E-state index contributed by atoms with van der Waals surface area (Å²) in [6, 6.07) is 10.2. The number of halogens is 3. The van der Waals surface area contributed by atoms with Gasteiger partial charge >= 0.3 is 0 Å². The number of nitrogens with one attached hydrogen (secondary N) is 2. The van der Waals surface area contributed by atoms with E-state index in [2.05, 4.69) is 10.3 Å². The first kappa shape index (κ1) is 29.1. The van der Waals surface area contributed by atoms with Crippen LogP contribution in [0.2, 0.25) is 10.0 Å². The number of ketones is 1. The number of anilines is 1. The van der Waals surface area contributed by atoms with E-state index < -0.39 is 17.5 Å². The highest BCUT2D eigenvalue weighted by molar-refractivity contribution is 6.31. The Kier molecular flexibility index (Phi) is 9.83. The van der Waals surface area contributed by atoms with Gasteiger partial charge in [0, 0.05) is 47.4 Å². The predicted molar refractivity (Wildman–Crippen MR) is 149 cm³/mol. The topological polar surface area (TPSA) is 95.4 Å². The van der Waals surface area contributed by atoms with Crippen molar-refractivity contribution in [2.45, 2.75) is 33.1 Å². The lowest BCUT2D eigenvalue weighted by atomic mass is 9.96. The van der Waals surface area contributed by atoms with Crippen molar-refractivity contribution in [1.82, 2.24) is 9.88 Å². The number of likely N-dealkylation sites (tertiary alicyclic amines) is 1. The third kappa shape index (κ3) is 6.68. The van der Waals surface area contributed by atoms with Crippen molar-refractivity contribution in [2.24, 2.45) is 0 Å². The zero-order valence-electron chi connectivity index (χ0n) is 20.1. The molecular weight excluding hydrogens is 530 g/mol. The van der Waals surface area contributed by atoms with Crippen molar-refractivity contribution in [3.63, 3.8) is 0 Å². The Labute approximate surface area is 231 Å². The number of amides is 1. The van der Waals surface area contributed by atoms with Gasteiger partial charge < -0.3 is 15.0 Å². The number of aromatic nitrogens is 1. The quantitative estimate of drug-likeness (QED) is 0.192. The fourth-order valence-corrected chi connectivity index (χ4v) is 4.58. The Morgan fingerprint density at radius 3 is 2.42 bits per heavy atom. The predicted octanol–water partition coefficient (Wildman–Crippen LogP) is 6.66. The van der Waals surface area contributed by atoms with Crippen LogP contribution in [0.15, 0.2) is 48.7 Å². The number of carbonyl (C=O) groups excluding carboxylic acids is 2. The molecule has 2 N–H and O–H groups in total. The second-order valence-corrected chi connectivity index (χ2v) is 9.51. The van der Waals surface area contributed by atoms with Crippen LogP contribution in [0.25, 0.3) is 0 Å². The first-order chi connectivity index (χ1) is 17.8. The minimum Gasteiger partial charge on any atom is -0.496 e. The van der Waals surface area contributed by atoms with E-state index in [9.17, 15) is 9.59 Å². The van der Waals surface area contributed by atoms with Gasteiger partial charge in [-0.3, -0.25) is 15.0 Å². The maximum absolute atomic E-state index is 15.1. The highest BCUT2D eigenvalue weighted by Gasteiger charge is 2.23. The maximum Gasteiger partial charge on any atom is 0.257 e. The van der Waals surface area contributed by atoms with Crippen LogP contribution < -0.4 is 10.1 Å². The molecule has 200 valence electrons. The number of rotatable bonds is 7. The van der Waals surface area contributed by atoms with E-state index in [4.69, 9.17) is 33.3 Å². The van der Waals surface area contributed by atoms with E-state index in [1.807, 2.05) is 4.90 Å². The zero-order chi connectivity index (χ0) is 26.5. The molecule has 0 aliphatic carbocycles. The summed E-state index contributed by atoms with van der Waals surface area (Å²) < 4.78 is 20.5. The van der Waals surface area contributed by atoms with Gasteiger partial charge in [-0.15, -0.1) is 0 Å². The average molecular weight is 559 g/mol. The molecule has 7 nitrogen and oxygen atoms in total. The number of hydrogen-bond donors (Lipinski definition) is 2. The summed E-state index contributed by atoms with van der Waals surface area (Å²) in [6.07, 6.45) is 4.19. The number of methoxy groups -OCH3 is 1. The van der Waals surface area contributed by atoms with E-state index in [-0.39, 0.29) is 53.0 Å². The Morgan fingerprint density at radius 1 is 1.05 bits per heavy atom. The highest BCUT2D eigenvalue weighted by atomic mass is 35.5. The molecule has 3 aromatic rings. The Balaban J connectivity index is 0.00000400. The van der Waals surface area contributed by atoms with Crippen LogP contribution in [0.4, 0.5) is 10.2 Å². The van der Waals surface area contributed by atoms with E-state index in [0.29, 0.717) is 10.6 Å². The van der Waals surface area contributed by atoms with Gasteiger partial charge in [0.25, 0.3) is 5.91 Å². The highest BCUT2D eigenvalue weighted by Crippen LogP contribution is 2.30. The van der Waals surface area contributed by atoms with Gasteiger partial charge in [0.1, 0.15) is 23.2 Å². The van der Waals surface area contributed by atoms with Crippen molar-refractivity contribution < 1.29 is 18.7 Å². The number of Topliss-reactive ketones (excluding diaryl/α,β-unsaturated/α-hetero) is 1. The third-order valence-electron chi connectivity index (χ3n) is 6.16. The molecule has 1 amide bonds. The number of hydrogen-bond acceptors (Lipinski definition) is 5. The van der Waals surface area contributed by atoms with Gasteiger partial charge in [0.2, 0.25) is 0 Å². The molecule has 0 unspecified atom stereocenters. The lowest BCUT2D eigenvalue weighted by Crippen LogP contribution is -2.35. The fraction of sp³-hybridized carbons (Fsp3) is 0.286. The summed E-state index contributed by atoms with van der Waals surface area (Å²) in [4.78, 5) is 32.2. The number of pyridine rings is 1. The van der Waals surface area contributed by atoms with Crippen molar-refractivity contribution in [2.75, 3.05) is 25.5 Å². The smallest absolute Gasteiger partial charge is 0.257 e. The molecule has 2 aromatic carbocycles. The number of ether oxygens (including phenoxy) is 1. The molecule has 1 aromatic heterocycles. The van der Waals surface area contributed by atoms with Crippen LogP contribution in [-0.4, -0.2) is 47.6 Å². The molecule has 0 bridgehead atoms. The number of amidine groups is 1. The minimum absolute atomic E-state index is 0. The van der Waals surface area contributed by atoms with Crippen LogP contribution in [-0.2, 0) is 6.42 Å². The zero-order valence-corrected chi connectivity index (χ0v) is 21.6. The van der Waals surface area contributed by atoms with Gasteiger partial charge in [0.05, 0.1) is 17.7 Å². The first-order valence-electron chi connectivity index (χ1n) is 11.7. The van der Waals surface area contributed by atoms with Gasteiger partial charge in [0.15, 0.2) is 5.78 Å². The average Bonchev–Trinajstić information content (AvgIpc) is 2.90. The molecule has 10 heteroatoms. The van der Waals surface area contributed by atoms with Crippen molar-refractivity contribution in [3.8, 4) is 5.75 Å². The standard InChI is InChI=1S/C27H25Cl2FN4O3.CH4/c1-37-24-13-18(29)12-21(27(36)33-25-8-6-17(28)15-32-25)20(24)14-23(35)19-7-5-16(11-22(19)30)26(31)34-9-3-2-4-10-34;/h5-8,11-13,15,31H,2-4,9-10,14H2,1H3,(H,32,33,36);1H4. The molecular formula is C28H29Cl2FN4O3. The summed E-state index contributed by atoms with van der Waals surface area (Å²) in [5, 5.41) is 11.7. The molecule has 1 aliphatic rings. The first-order valence-corrected chi connectivity index (χ1v) is 12.5. The largest absolute Gasteiger partial charge is 0.496 e. The molecule has 0 spiro atoms. The van der Waals surface area contributed by atoms with Gasteiger partial charge in [-0.05, 0) is 55.7 Å². The Bertz CT molecular complexity index is 1340. The summed E-state index contributed by atoms with van der Waals surface area (Å²) in [5.41, 5.74) is 0.625. The van der Waals surface area contributed by atoms with E-state index in [1.54, 1.807) is 12.1 Å². The third-order valence-corrected chi connectivity index (χ3v) is 6.60. The molecule has 38 heavy (non-hydrogen) atoms. The van der Waals surface area contributed by atoms with Gasteiger partial charge in [-0.1, -0.05) is 36.7 Å². The molecule has 0 radical (unpaired) electrons. The normalized spacial score (nSPS) is 12.9. The van der Waals surface area contributed by atoms with Gasteiger partial charge in [-0.2, -0.15) is 0 Å². The molecule has 0 saturated carbocycles. The van der Waals surface area contributed by atoms with Crippen molar-refractivity contribution >= 4 is 46.5 Å². The van der Waals surface area contributed by atoms with Crippen molar-refractivity contribution in [1.29, 1.82) is 5.41 Å². The van der Waals surface area contributed by atoms with Crippen LogP contribution in [0.5, 0.6) is 5.75 Å². The Hall–Kier alpha value is -3.49. The fourth-order valence-electron chi connectivity index (χ4n) is 4.26. The van der Waals surface area contributed by atoms with Gasteiger partial charge in [-0.25, -0.2) is 9.37 Å². The summed E-state index contributed by atoms with van der Waals surface area (Å²) >= 11 is 12.1. The second kappa shape index (κ2) is 12.8. The molecule has 1 aliphatic heterocycles. The van der Waals surface area contributed by atoms with Crippen LogP contribution in [0.1, 0.15) is 58.5 Å². The van der Waals surface area contributed by atoms with E-state index in [0.717, 1.165) is 32.4 Å². The summed E-state index contributed by atoms with van der Waals surface area (Å²) in [6.45, 7) is 1.52. The Morgan fingerprint density at radius 2 is 1.79 bits per heavy atom. The number of piperidine rings is 1. The second-order valence-electron chi connectivity index (χ2n) is 8.64. The van der Waals surface area contributed by atoms with Crippen molar-refractivity contribution in [3.05, 3.63) is 86.8 Å². The lowest BCUT2D eigenvalue weighted by molar-refractivity contribution is 0.0987. The molecule has 1 saturated heterocycles. The molecule has 4 rings (SSSR count). The SMILES string of the molecule is C.COc1cc(Cl)cc(C(=O)Nc2ccc(Cl)cn2)c1CC(=O)c1ccc(C(=N)N2CCCCC2)cc1F. The van der Waals surface area contributed by atoms with E-state index >= 15 is 4.39 Å². The molecule has 2 heterocycles. The minimum atomic E-state index is -0.728. The number of carbonyl (C=O) groups is 2. The summed E-state index contributed by atoms with van der Waals surface area (Å²) in [5.74, 6) is -1.13. The molecule has 1 fully saturated rings. The number of nitrogens with zero attached hydrogens (tertiary/aromatic N) is 2. The summed E-state index contributed by atoms with van der Waals surface area (Å²) in [7, 11) is 1.39. The van der Waals surface area contributed by atoms with E-state index in [1.165, 1.54) is 43.6 Å². The number of benzene rings is 2. The lowest BCUT2D eigenvalue weighted by Gasteiger charge is -2.29. The van der Waals surface area contributed by atoms with Crippen LogP contribution in [0.3, 0.4) is 0 Å². The molecule has 0 atom stereocenters. The van der Waals surface area contributed by atoms with Crippen LogP contribution >= 0.6 is 23.2 Å². The van der Waals surface area contributed by atoms with Crippen LogP contribution in [0, 0.1) is 11.2 Å².